The zero-order chi connectivity index (χ0) is 11.9. The molecule has 1 aliphatic rings. The fraction of sp³-hybridized carbons (Fsp3) is 0.571. The average Bonchev–Trinajstić information content (AvgIpc) is 2.41. The highest BCUT2D eigenvalue weighted by molar-refractivity contribution is 7.99. The van der Waals surface area contributed by atoms with Crippen LogP contribution in [0.15, 0.2) is 35.2 Å². The van der Waals surface area contributed by atoms with Crippen LogP contribution in [0.5, 0.6) is 0 Å². The second-order valence-corrected chi connectivity index (χ2v) is 5.59. The second kappa shape index (κ2) is 7.04. The van der Waals surface area contributed by atoms with Crippen LogP contribution in [0.2, 0.25) is 0 Å². The summed E-state index contributed by atoms with van der Waals surface area (Å²) in [5.41, 5.74) is 0. The van der Waals surface area contributed by atoms with E-state index in [1.165, 1.54) is 11.3 Å². The number of hydrogen-bond donors (Lipinski definition) is 1. The van der Waals surface area contributed by atoms with Gasteiger partial charge in [0.25, 0.3) is 0 Å². The van der Waals surface area contributed by atoms with Crippen molar-refractivity contribution in [1.29, 1.82) is 0 Å². The molecule has 0 spiro atoms. The lowest BCUT2D eigenvalue weighted by atomic mass is 10.0. The predicted octanol–water partition coefficient (Wildman–Crippen LogP) is 3.10. The van der Waals surface area contributed by atoms with Crippen LogP contribution in [0.3, 0.4) is 0 Å². The lowest BCUT2D eigenvalue weighted by molar-refractivity contribution is -0.0621. The highest BCUT2D eigenvalue weighted by atomic mass is 32.2. The standard InChI is InChI=1S/C14H20O2S/c15-13(14-8-4-5-10-16-14)9-11-17-12-6-2-1-3-7-12/h1-3,6-7,13-15H,4-5,8-11H2. The number of hydrogen-bond acceptors (Lipinski definition) is 3. The predicted molar refractivity (Wildman–Crippen MR) is 71.4 cm³/mol. The Morgan fingerprint density at radius 2 is 2.12 bits per heavy atom. The summed E-state index contributed by atoms with van der Waals surface area (Å²) in [7, 11) is 0. The van der Waals surface area contributed by atoms with E-state index >= 15 is 0 Å². The molecule has 3 heteroatoms. The maximum Gasteiger partial charge on any atom is 0.0834 e. The van der Waals surface area contributed by atoms with Crippen LogP contribution in [0.25, 0.3) is 0 Å². The average molecular weight is 252 g/mol. The van der Waals surface area contributed by atoms with Gasteiger partial charge in [-0.25, -0.2) is 0 Å². The molecule has 2 nitrogen and oxygen atoms in total. The third-order valence-electron chi connectivity index (χ3n) is 3.07. The van der Waals surface area contributed by atoms with Crippen molar-refractivity contribution in [3.63, 3.8) is 0 Å². The zero-order valence-electron chi connectivity index (χ0n) is 10.0. The van der Waals surface area contributed by atoms with Crippen LogP contribution in [-0.2, 0) is 4.74 Å². The lowest BCUT2D eigenvalue weighted by Gasteiger charge is -2.26. The van der Waals surface area contributed by atoms with E-state index in [2.05, 4.69) is 12.1 Å². The molecule has 1 aromatic carbocycles. The molecule has 1 heterocycles. The molecule has 0 aliphatic carbocycles. The highest BCUT2D eigenvalue weighted by Gasteiger charge is 2.21. The van der Waals surface area contributed by atoms with E-state index in [-0.39, 0.29) is 12.2 Å². The van der Waals surface area contributed by atoms with Gasteiger partial charge in [-0.3, -0.25) is 0 Å². The molecule has 1 fully saturated rings. The molecule has 2 atom stereocenters. The van der Waals surface area contributed by atoms with Gasteiger partial charge in [0.05, 0.1) is 12.2 Å². The SMILES string of the molecule is OC(CCSc1ccccc1)C1CCCCO1. The Bertz CT molecular complexity index is 309. The number of ether oxygens (including phenoxy) is 1. The van der Waals surface area contributed by atoms with Gasteiger partial charge in [0.15, 0.2) is 0 Å². The maximum atomic E-state index is 10.0. The number of benzene rings is 1. The third kappa shape index (κ3) is 4.34. The van der Waals surface area contributed by atoms with Gasteiger partial charge in [-0.15, -0.1) is 11.8 Å². The molecule has 1 aromatic rings. The Hall–Kier alpha value is -0.510. The monoisotopic (exact) mass is 252 g/mol. The van der Waals surface area contributed by atoms with Gasteiger partial charge in [-0.2, -0.15) is 0 Å². The summed E-state index contributed by atoms with van der Waals surface area (Å²) in [5.74, 6) is 0.949. The van der Waals surface area contributed by atoms with Crippen molar-refractivity contribution in [2.75, 3.05) is 12.4 Å². The zero-order valence-corrected chi connectivity index (χ0v) is 10.9. The van der Waals surface area contributed by atoms with E-state index in [0.717, 1.165) is 31.6 Å². The molecule has 0 aromatic heterocycles. The Morgan fingerprint density at radius 1 is 1.29 bits per heavy atom. The van der Waals surface area contributed by atoms with Gasteiger partial charge >= 0.3 is 0 Å². The highest BCUT2D eigenvalue weighted by Crippen LogP contribution is 2.22. The van der Waals surface area contributed by atoms with Gasteiger partial charge in [0.2, 0.25) is 0 Å². The second-order valence-electron chi connectivity index (χ2n) is 4.42. The van der Waals surface area contributed by atoms with Gasteiger partial charge in [-0.05, 0) is 37.8 Å². The molecule has 0 saturated carbocycles. The summed E-state index contributed by atoms with van der Waals surface area (Å²) in [4.78, 5) is 1.27. The number of rotatable bonds is 5. The molecule has 1 saturated heterocycles. The molecule has 0 amide bonds. The molecular formula is C14H20O2S. The first kappa shape index (κ1) is 12.9. The van der Waals surface area contributed by atoms with Crippen LogP contribution in [0, 0.1) is 0 Å². The lowest BCUT2D eigenvalue weighted by Crippen LogP contribution is -2.32. The minimum atomic E-state index is -0.300. The van der Waals surface area contributed by atoms with Crippen LogP contribution < -0.4 is 0 Å². The van der Waals surface area contributed by atoms with Gasteiger partial charge in [-0.1, -0.05) is 18.2 Å². The van der Waals surface area contributed by atoms with Crippen LogP contribution in [0.4, 0.5) is 0 Å². The van der Waals surface area contributed by atoms with Crippen molar-refractivity contribution >= 4 is 11.8 Å². The maximum absolute atomic E-state index is 10.0. The Kier molecular flexibility index (Phi) is 5.36. The van der Waals surface area contributed by atoms with E-state index in [1.807, 2.05) is 18.2 Å². The van der Waals surface area contributed by atoms with Crippen LogP contribution >= 0.6 is 11.8 Å². The molecule has 0 radical (unpaired) electrons. The topological polar surface area (TPSA) is 29.5 Å². The summed E-state index contributed by atoms with van der Waals surface area (Å²) in [6, 6.07) is 10.3. The first-order valence-electron chi connectivity index (χ1n) is 6.34. The van der Waals surface area contributed by atoms with Crippen molar-refractivity contribution in [3.05, 3.63) is 30.3 Å². The molecular weight excluding hydrogens is 232 g/mol. The van der Waals surface area contributed by atoms with Gasteiger partial charge in [0, 0.05) is 17.3 Å². The quantitative estimate of drug-likeness (QED) is 0.817. The number of aliphatic hydroxyl groups is 1. The molecule has 17 heavy (non-hydrogen) atoms. The van der Waals surface area contributed by atoms with Gasteiger partial charge < -0.3 is 9.84 Å². The Labute approximate surface area is 107 Å². The molecule has 94 valence electrons. The summed E-state index contributed by atoms with van der Waals surface area (Å²) in [6.45, 7) is 0.813. The number of aliphatic hydroxyl groups excluding tert-OH is 1. The van der Waals surface area contributed by atoms with Crippen molar-refractivity contribution < 1.29 is 9.84 Å². The van der Waals surface area contributed by atoms with Crippen molar-refractivity contribution in [3.8, 4) is 0 Å². The summed E-state index contributed by atoms with van der Waals surface area (Å²) >= 11 is 1.80. The van der Waals surface area contributed by atoms with E-state index < -0.39 is 0 Å². The van der Waals surface area contributed by atoms with Crippen LogP contribution in [0.1, 0.15) is 25.7 Å². The first-order chi connectivity index (χ1) is 8.36. The number of thioether (sulfide) groups is 1. The van der Waals surface area contributed by atoms with Crippen molar-refractivity contribution in [2.24, 2.45) is 0 Å². The molecule has 2 unspecified atom stereocenters. The molecule has 2 rings (SSSR count). The van der Waals surface area contributed by atoms with E-state index in [4.69, 9.17) is 4.74 Å². The van der Waals surface area contributed by atoms with Crippen molar-refractivity contribution in [1.82, 2.24) is 0 Å². The van der Waals surface area contributed by atoms with E-state index in [9.17, 15) is 5.11 Å². The molecule has 1 aliphatic heterocycles. The fourth-order valence-electron chi connectivity index (χ4n) is 2.07. The largest absolute Gasteiger partial charge is 0.390 e. The van der Waals surface area contributed by atoms with E-state index in [0.29, 0.717) is 0 Å². The van der Waals surface area contributed by atoms with Crippen molar-refractivity contribution in [2.45, 2.75) is 42.8 Å². The minimum Gasteiger partial charge on any atom is -0.390 e. The third-order valence-corrected chi connectivity index (χ3v) is 4.11. The summed E-state index contributed by atoms with van der Waals surface area (Å²) < 4.78 is 5.58. The van der Waals surface area contributed by atoms with Gasteiger partial charge in [0.1, 0.15) is 0 Å². The first-order valence-corrected chi connectivity index (χ1v) is 7.32. The molecule has 1 N–H and O–H groups in total. The van der Waals surface area contributed by atoms with Crippen LogP contribution in [-0.4, -0.2) is 29.7 Å². The Balaban J connectivity index is 1.67. The smallest absolute Gasteiger partial charge is 0.0834 e. The van der Waals surface area contributed by atoms with E-state index in [1.54, 1.807) is 11.8 Å². The normalized spacial score (nSPS) is 22.3. The molecule has 0 bridgehead atoms. The minimum absolute atomic E-state index is 0.0696. The summed E-state index contributed by atoms with van der Waals surface area (Å²) in [5, 5.41) is 10.0. The summed E-state index contributed by atoms with van der Waals surface area (Å²) in [6.07, 6.45) is 3.92. The fourth-order valence-corrected chi connectivity index (χ4v) is 3.01. The Morgan fingerprint density at radius 3 is 2.82 bits per heavy atom.